The normalized spacial score (nSPS) is 11.8. The minimum absolute atomic E-state index is 0.218. The van der Waals surface area contributed by atoms with Crippen molar-refractivity contribution in [2.75, 3.05) is 12.8 Å². The molecular formula is C17H20FN3O4S. The Kier molecular flexibility index (Phi) is 7.02. The molecule has 1 aromatic carbocycles. The third-order valence-corrected chi connectivity index (χ3v) is 4.23. The zero-order valence-corrected chi connectivity index (χ0v) is 15.1. The average molecular weight is 381 g/mol. The lowest BCUT2D eigenvalue weighted by atomic mass is 10.2. The fourth-order valence-electron chi connectivity index (χ4n) is 2.08. The molecular weight excluding hydrogens is 361 g/mol. The first kappa shape index (κ1) is 19.8. The first-order chi connectivity index (χ1) is 12.3. The lowest BCUT2D eigenvalue weighted by Crippen LogP contribution is -2.21. The molecule has 1 amide bonds. The minimum Gasteiger partial charge on any atom is -0.413 e. The molecule has 0 saturated carbocycles. The van der Waals surface area contributed by atoms with Gasteiger partial charge in [0, 0.05) is 25.3 Å². The van der Waals surface area contributed by atoms with Crippen LogP contribution in [0.4, 0.5) is 4.39 Å². The number of amides is 1. The molecule has 1 aromatic heterocycles. The summed E-state index contributed by atoms with van der Waals surface area (Å²) >= 11 is 0. The van der Waals surface area contributed by atoms with E-state index in [1.54, 1.807) is 18.2 Å². The molecule has 140 valence electrons. The van der Waals surface area contributed by atoms with Crippen LogP contribution in [-0.2, 0) is 21.1 Å². The molecule has 0 saturated heterocycles. The van der Waals surface area contributed by atoms with E-state index in [-0.39, 0.29) is 22.8 Å². The molecule has 0 aliphatic rings. The molecule has 0 radical (unpaired) electrons. The van der Waals surface area contributed by atoms with Gasteiger partial charge in [0.05, 0.1) is 0 Å². The summed E-state index contributed by atoms with van der Waals surface area (Å²) in [5.41, 5.74) is 0.745. The fraction of sp³-hybridized carbons (Fsp3) is 0.353. The maximum atomic E-state index is 12.8. The molecule has 0 fully saturated rings. The highest BCUT2D eigenvalue weighted by atomic mass is 32.2. The maximum Gasteiger partial charge on any atom is 0.335 e. The van der Waals surface area contributed by atoms with Crippen LogP contribution in [0.5, 0.6) is 0 Å². The van der Waals surface area contributed by atoms with Gasteiger partial charge in [-0.15, -0.1) is 5.10 Å². The second-order valence-electron chi connectivity index (χ2n) is 5.72. The zero-order valence-electron chi connectivity index (χ0n) is 14.3. The first-order valence-corrected chi connectivity index (χ1v) is 9.97. The van der Waals surface area contributed by atoms with E-state index in [1.807, 2.05) is 0 Å². The van der Waals surface area contributed by atoms with Gasteiger partial charge in [0.1, 0.15) is 5.82 Å². The van der Waals surface area contributed by atoms with Crippen LogP contribution in [0.15, 0.2) is 40.0 Å². The van der Waals surface area contributed by atoms with Gasteiger partial charge in [-0.1, -0.05) is 23.7 Å². The van der Waals surface area contributed by atoms with Crippen molar-refractivity contribution in [1.29, 1.82) is 0 Å². The van der Waals surface area contributed by atoms with Gasteiger partial charge < -0.3 is 9.73 Å². The molecule has 0 bridgehead atoms. The van der Waals surface area contributed by atoms with E-state index in [0.717, 1.165) is 31.1 Å². The Labute approximate surface area is 151 Å². The lowest BCUT2D eigenvalue weighted by molar-refractivity contribution is -0.116. The summed E-state index contributed by atoms with van der Waals surface area (Å²) in [6, 6.07) is 5.84. The summed E-state index contributed by atoms with van der Waals surface area (Å²) in [7, 11) is -3.47. The van der Waals surface area contributed by atoms with Crippen molar-refractivity contribution < 1.29 is 22.0 Å². The van der Waals surface area contributed by atoms with Gasteiger partial charge in [0.15, 0.2) is 0 Å². The highest BCUT2D eigenvalue weighted by molar-refractivity contribution is 7.90. The Hall–Kier alpha value is -2.55. The molecule has 26 heavy (non-hydrogen) atoms. The van der Waals surface area contributed by atoms with E-state index in [4.69, 9.17) is 4.42 Å². The molecule has 7 nitrogen and oxygen atoms in total. The van der Waals surface area contributed by atoms with Crippen LogP contribution < -0.4 is 5.32 Å². The van der Waals surface area contributed by atoms with E-state index < -0.39 is 9.84 Å². The van der Waals surface area contributed by atoms with Crippen molar-refractivity contribution in [3.63, 3.8) is 0 Å². The summed E-state index contributed by atoms with van der Waals surface area (Å²) < 4.78 is 40.3. The number of halogens is 1. The number of hydrogen-bond donors (Lipinski definition) is 1. The predicted octanol–water partition coefficient (Wildman–Crippen LogP) is 2.15. The summed E-state index contributed by atoms with van der Waals surface area (Å²) in [5.74, 6) is -0.250. The van der Waals surface area contributed by atoms with Crippen molar-refractivity contribution in [3.05, 3.63) is 47.6 Å². The lowest BCUT2D eigenvalue weighted by Gasteiger charge is -2.01. The molecule has 2 rings (SSSR count). The van der Waals surface area contributed by atoms with Crippen LogP contribution in [0.25, 0.3) is 6.08 Å². The number of hydrogen-bond acceptors (Lipinski definition) is 6. The number of aryl methyl sites for hydroxylation is 1. The Morgan fingerprint density at radius 2 is 1.92 bits per heavy atom. The summed E-state index contributed by atoms with van der Waals surface area (Å²) in [6.07, 6.45) is 6.84. The molecule has 0 aliphatic heterocycles. The molecule has 0 atom stereocenters. The topological polar surface area (TPSA) is 102 Å². The van der Waals surface area contributed by atoms with Crippen molar-refractivity contribution in [2.24, 2.45) is 0 Å². The Morgan fingerprint density at radius 3 is 2.58 bits per heavy atom. The molecule has 0 aliphatic carbocycles. The molecule has 0 unspecified atom stereocenters. The Morgan fingerprint density at radius 1 is 1.19 bits per heavy atom. The average Bonchev–Trinajstić information content (AvgIpc) is 3.07. The van der Waals surface area contributed by atoms with Gasteiger partial charge >= 0.3 is 5.22 Å². The van der Waals surface area contributed by atoms with E-state index in [9.17, 15) is 17.6 Å². The predicted molar refractivity (Wildman–Crippen MR) is 93.4 cm³/mol. The number of aromatic nitrogens is 2. The van der Waals surface area contributed by atoms with Gasteiger partial charge in [0.2, 0.25) is 21.6 Å². The minimum atomic E-state index is -3.47. The number of carbonyl (C=O) groups is 1. The van der Waals surface area contributed by atoms with E-state index >= 15 is 0 Å². The van der Waals surface area contributed by atoms with E-state index in [0.29, 0.717) is 13.0 Å². The SMILES string of the molecule is CS(=O)(=O)c1nnc(CCCCCNC(=O)/C=C/c2ccc(F)cc2)o1. The van der Waals surface area contributed by atoms with Crippen LogP contribution in [0, 0.1) is 5.82 Å². The number of nitrogens with zero attached hydrogens (tertiary/aromatic N) is 2. The molecule has 0 spiro atoms. The molecule has 1 N–H and O–H groups in total. The van der Waals surface area contributed by atoms with Crippen molar-refractivity contribution in [2.45, 2.75) is 30.9 Å². The highest BCUT2D eigenvalue weighted by Crippen LogP contribution is 2.10. The first-order valence-electron chi connectivity index (χ1n) is 8.08. The maximum absolute atomic E-state index is 12.8. The zero-order chi connectivity index (χ0) is 19.0. The number of carbonyl (C=O) groups excluding carboxylic acids is 1. The number of sulfone groups is 1. The van der Waals surface area contributed by atoms with Gasteiger partial charge in [-0.25, -0.2) is 12.8 Å². The summed E-state index contributed by atoms with van der Waals surface area (Å²) in [5, 5.41) is 9.56. The van der Waals surface area contributed by atoms with Gasteiger partial charge in [0.25, 0.3) is 0 Å². The smallest absolute Gasteiger partial charge is 0.335 e. The van der Waals surface area contributed by atoms with Crippen molar-refractivity contribution >= 4 is 21.8 Å². The van der Waals surface area contributed by atoms with Crippen molar-refractivity contribution in [1.82, 2.24) is 15.5 Å². The van der Waals surface area contributed by atoms with Crippen LogP contribution >= 0.6 is 0 Å². The number of rotatable bonds is 9. The number of nitrogens with one attached hydrogen (secondary N) is 1. The van der Waals surface area contributed by atoms with Crippen LogP contribution in [-0.4, -0.2) is 37.3 Å². The number of unbranched alkanes of at least 4 members (excludes halogenated alkanes) is 2. The van der Waals surface area contributed by atoms with Crippen LogP contribution in [0.2, 0.25) is 0 Å². The van der Waals surface area contributed by atoms with Crippen LogP contribution in [0.3, 0.4) is 0 Å². The third-order valence-electron chi connectivity index (χ3n) is 3.43. The second kappa shape index (κ2) is 9.23. The molecule has 9 heteroatoms. The third kappa shape index (κ3) is 6.75. The Bertz CT molecular complexity index is 860. The van der Waals surface area contributed by atoms with E-state index in [1.165, 1.54) is 18.2 Å². The van der Waals surface area contributed by atoms with Crippen LogP contribution in [0.1, 0.15) is 30.7 Å². The largest absolute Gasteiger partial charge is 0.413 e. The standard InChI is InChI=1S/C17H20FN3O4S/c1-26(23,24)17-21-20-16(25-17)5-3-2-4-12-19-15(22)11-8-13-6-9-14(18)10-7-13/h6-11H,2-5,12H2,1H3,(H,19,22)/b11-8+. The second-order valence-corrected chi connectivity index (χ2v) is 7.61. The van der Waals surface area contributed by atoms with Crippen molar-refractivity contribution in [3.8, 4) is 0 Å². The highest BCUT2D eigenvalue weighted by Gasteiger charge is 2.15. The quantitative estimate of drug-likeness (QED) is 0.527. The fourth-order valence-corrected chi connectivity index (χ4v) is 2.52. The molecule has 1 heterocycles. The Balaban J connectivity index is 1.60. The van der Waals surface area contributed by atoms with Gasteiger partial charge in [-0.05, 0) is 36.6 Å². The number of benzene rings is 1. The summed E-state index contributed by atoms with van der Waals surface area (Å²) in [6.45, 7) is 0.519. The monoisotopic (exact) mass is 381 g/mol. The van der Waals surface area contributed by atoms with Gasteiger partial charge in [-0.2, -0.15) is 0 Å². The summed E-state index contributed by atoms with van der Waals surface area (Å²) in [4.78, 5) is 11.7. The molecule has 2 aromatic rings. The van der Waals surface area contributed by atoms with Gasteiger partial charge in [-0.3, -0.25) is 4.79 Å². The van der Waals surface area contributed by atoms with E-state index in [2.05, 4.69) is 15.5 Å².